The zero-order chi connectivity index (χ0) is 23.4. The highest BCUT2D eigenvalue weighted by molar-refractivity contribution is 6.19. The van der Waals surface area contributed by atoms with Crippen LogP contribution in [0.25, 0.3) is 0 Å². The normalized spacial score (nSPS) is 38.0. The van der Waals surface area contributed by atoms with Crippen LogP contribution in [0.5, 0.6) is 11.5 Å². The van der Waals surface area contributed by atoms with Crippen LogP contribution in [0.1, 0.15) is 56.1 Å². The van der Waals surface area contributed by atoms with Gasteiger partial charge in [0, 0.05) is 29.3 Å². The molecule has 6 aliphatic rings. The predicted molar refractivity (Wildman–Crippen MR) is 123 cm³/mol. The number of phenols is 1. The lowest BCUT2D eigenvalue weighted by atomic mass is 9.48. The first-order valence-electron chi connectivity index (χ1n) is 12.6. The fourth-order valence-corrected chi connectivity index (χ4v) is 8.32. The number of phenolic OH excluding ortho intramolecular Hbond substituents is 1. The summed E-state index contributed by atoms with van der Waals surface area (Å²) in [5.74, 6) is 0.145. The van der Waals surface area contributed by atoms with Gasteiger partial charge in [-0.25, -0.2) is 0 Å². The number of imide groups is 1. The molecule has 5 atom stereocenters. The maximum absolute atomic E-state index is 13.5. The average molecular weight is 463 g/mol. The Bertz CT molecular complexity index is 1160. The summed E-state index contributed by atoms with van der Waals surface area (Å²) in [6, 6.07) is 3.05. The molecule has 2 N–H and O–H groups in total. The zero-order valence-corrected chi connectivity index (χ0v) is 19.3. The Hall–Kier alpha value is -2.64. The number of hydrogen-bond donors (Lipinski definition) is 2. The first-order valence-corrected chi connectivity index (χ1v) is 12.6. The minimum Gasteiger partial charge on any atom is -0.504 e. The van der Waals surface area contributed by atoms with Crippen molar-refractivity contribution in [3.63, 3.8) is 0 Å². The number of carbonyl (C=O) groups excluding carboxylic acids is 2. The lowest BCUT2D eigenvalue weighted by Crippen LogP contribution is -2.78. The van der Waals surface area contributed by atoms with E-state index in [-0.39, 0.29) is 23.6 Å². The molecule has 7 nitrogen and oxygen atoms in total. The molecule has 1 saturated carbocycles. The van der Waals surface area contributed by atoms with E-state index in [1.165, 1.54) is 4.90 Å². The van der Waals surface area contributed by atoms with Gasteiger partial charge in [0.2, 0.25) is 0 Å². The predicted octanol–water partition coefficient (Wildman–Crippen LogP) is 2.34. The highest BCUT2D eigenvalue weighted by Gasteiger charge is 2.74. The number of piperidine rings is 1. The van der Waals surface area contributed by atoms with Gasteiger partial charge in [-0.15, -0.1) is 6.58 Å². The minimum atomic E-state index is -1.07. The molecule has 2 fully saturated rings. The van der Waals surface area contributed by atoms with E-state index in [1.807, 2.05) is 12.1 Å². The molecule has 3 heterocycles. The van der Waals surface area contributed by atoms with E-state index >= 15 is 0 Å². The van der Waals surface area contributed by atoms with Crippen molar-refractivity contribution in [3.8, 4) is 11.5 Å². The molecule has 2 amide bonds. The van der Waals surface area contributed by atoms with Gasteiger partial charge < -0.3 is 14.9 Å². The number of rotatable bonds is 3. The molecular weight excluding hydrogens is 432 g/mol. The number of ether oxygens (including phenoxy) is 1. The van der Waals surface area contributed by atoms with E-state index in [9.17, 15) is 19.8 Å². The molecule has 1 saturated heterocycles. The van der Waals surface area contributed by atoms with Crippen LogP contribution in [0.2, 0.25) is 0 Å². The van der Waals surface area contributed by atoms with Gasteiger partial charge in [-0.2, -0.15) is 0 Å². The van der Waals surface area contributed by atoms with Crippen molar-refractivity contribution in [2.24, 2.45) is 0 Å². The zero-order valence-electron chi connectivity index (χ0n) is 19.3. The summed E-state index contributed by atoms with van der Waals surface area (Å²) in [5.41, 5.74) is 1.50. The van der Waals surface area contributed by atoms with Gasteiger partial charge in [0.15, 0.2) is 11.5 Å². The molecule has 7 heteroatoms. The standard InChI is InChI=1S/C27H30N2O5/c1-2-12-28-13-11-26-21-15-7-8-19(30)22(21)34-23(26)18(9-10-27(26,33)20(28)14-15)29-24(31)16-5-3-4-6-17(16)25(29)32/h2,7-8,18,20,23,30,33H,1,3-6,9-14H2/t18?,20-,23?,26+,27-/m1/s1. The van der Waals surface area contributed by atoms with Gasteiger partial charge in [-0.1, -0.05) is 12.1 Å². The van der Waals surface area contributed by atoms with Crippen LogP contribution >= 0.6 is 0 Å². The molecule has 1 aromatic carbocycles. The fraction of sp³-hybridized carbons (Fsp3) is 0.556. The van der Waals surface area contributed by atoms with Crippen LogP contribution in [-0.2, 0) is 21.4 Å². The monoisotopic (exact) mass is 462 g/mol. The second-order valence-corrected chi connectivity index (χ2v) is 10.9. The summed E-state index contributed by atoms with van der Waals surface area (Å²) >= 11 is 0. The Balaban J connectivity index is 1.38. The van der Waals surface area contributed by atoms with E-state index in [0.717, 1.165) is 30.5 Å². The minimum absolute atomic E-state index is 0.0621. The summed E-state index contributed by atoms with van der Waals surface area (Å²) in [4.78, 5) is 30.7. The van der Waals surface area contributed by atoms with E-state index in [4.69, 9.17) is 4.74 Å². The van der Waals surface area contributed by atoms with Crippen LogP contribution in [0.4, 0.5) is 0 Å². The lowest BCUT2D eigenvalue weighted by molar-refractivity contribution is -0.199. The van der Waals surface area contributed by atoms with Crippen molar-refractivity contribution >= 4 is 11.8 Å². The average Bonchev–Trinajstić information content (AvgIpc) is 3.31. The largest absolute Gasteiger partial charge is 0.504 e. The summed E-state index contributed by atoms with van der Waals surface area (Å²) in [7, 11) is 0. The van der Waals surface area contributed by atoms with Crippen molar-refractivity contribution < 1.29 is 24.5 Å². The topological polar surface area (TPSA) is 90.3 Å². The maximum Gasteiger partial charge on any atom is 0.257 e. The number of aliphatic hydroxyl groups is 1. The quantitative estimate of drug-likeness (QED) is 0.530. The number of benzene rings is 1. The van der Waals surface area contributed by atoms with Crippen molar-refractivity contribution in [2.75, 3.05) is 13.1 Å². The molecule has 1 spiro atoms. The third-order valence-corrected chi connectivity index (χ3v) is 9.66. The lowest BCUT2D eigenvalue weighted by Gasteiger charge is -2.64. The van der Waals surface area contributed by atoms with Gasteiger partial charge in [0.1, 0.15) is 6.10 Å². The third-order valence-electron chi connectivity index (χ3n) is 9.66. The Morgan fingerprint density at radius 3 is 2.59 bits per heavy atom. The highest BCUT2D eigenvalue weighted by Crippen LogP contribution is 2.66. The summed E-state index contributed by atoms with van der Waals surface area (Å²) in [6.45, 7) is 5.37. The number of aromatic hydroxyl groups is 1. The van der Waals surface area contributed by atoms with E-state index < -0.39 is 23.2 Å². The van der Waals surface area contributed by atoms with Gasteiger partial charge in [-0.3, -0.25) is 19.4 Å². The van der Waals surface area contributed by atoms with E-state index in [0.29, 0.717) is 62.0 Å². The number of nitrogens with zero attached hydrogens (tertiary/aromatic N) is 2. The summed E-state index contributed by atoms with van der Waals surface area (Å²) in [5, 5.41) is 23.2. The Morgan fingerprint density at radius 1 is 1.15 bits per heavy atom. The van der Waals surface area contributed by atoms with Gasteiger partial charge in [-0.05, 0) is 69.5 Å². The summed E-state index contributed by atoms with van der Waals surface area (Å²) in [6.07, 6.45) is 6.78. The van der Waals surface area contributed by atoms with Crippen LogP contribution in [-0.4, -0.2) is 68.7 Å². The molecule has 2 unspecified atom stereocenters. The Kier molecular flexibility index (Phi) is 4.10. The maximum atomic E-state index is 13.5. The number of amides is 2. The highest BCUT2D eigenvalue weighted by atomic mass is 16.5. The molecule has 0 aromatic heterocycles. The van der Waals surface area contributed by atoms with Crippen molar-refractivity contribution in [3.05, 3.63) is 47.1 Å². The van der Waals surface area contributed by atoms with Crippen LogP contribution < -0.4 is 4.74 Å². The number of carbonyl (C=O) groups is 2. The van der Waals surface area contributed by atoms with Gasteiger partial charge in [0.05, 0.1) is 17.1 Å². The van der Waals surface area contributed by atoms with Crippen LogP contribution in [0, 0.1) is 0 Å². The molecule has 3 aliphatic carbocycles. The molecule has 0 radical (unpaired) electrons. The molecule has 7 rings (SSSR count). The van der Waals surface area contributed by atoms with Gasteiger partial charge >= 0.3 is 0 Å². The summed E-state index contributed by atoms with van der Waals surface area (Å²) < 4.78 is 6.53. The smallest absolute Gasteiger partial charge is 0.257 e. The first kappa shape index (κ1) is 20.7. The SMILES string of the molecule is C=CCN1CC[C@]23c4c5ccc(O)c4OC2C(N2C(=O)C4=C(CCCC4)C2=O)CC[C@@]3(O)[C@H]1C5. The first-order chi connectivity index (χ1) is 16.4. The molecule has 178 valence electrons. The second kappa shape index (κ2) is 6.73. The van der Waals surface area contributed by atoms with Crippen LogP contribution in [0.15, 0.2) is 35.9 Å². The second-order valence-electron chi connectivity index (χ2n) is 10.9. The molecule has 34 heavy (non-hydrogen) atoms. The molecule has 1 aromatic rings. The molecular formula is C27H30N2O5. The van der Waals surface area contributed by atoms with Crippen molar-refractivity contribution in [2.45, 2.75) is 80.6 Å². The van der Waals surface area contributed by atoms with Crippen LogP contribution in [0.3, 0.4) is 0 Å². The van der Waals surface area contributed by atoms with E-state index in [1.54, 1.807) is 6.07 Å². The van der Waals surface area contributed by atoms with Crippen molar-refractivity contribution in [1.82, 2.24) is 9.80 Å². The Morgan fingerprint density at radius 2 is 1.88 bits per heavy atom. The van der Waals surface area contributed by atoms with Crippen molar-refractivity contribution in [1.29, 1.82) is 0 Å². The molecule has 2 bridgehead atoms. The van der Waals surface area contributed by atoms with Gasteiger partial charge in [0.25, 0.3) is 11.8 Å². The number of hydrogen-bond acceptors (Lipinski definition) is 6. The van der Waals surface area contributed by atoms with E-state index in [2.05, 4.69) is 11.5 Å². The third kappa shape index (κ3) is 2.21. The molecule has 3 aliphatic heterocycles. The number of likely N-dealkylation sites (tertiary alicyclic amines) is 1. The fourth-order valence-electron chi connectivity index (χ4n) is 8.32. The Labute approximate surface area is 198 Å².